The van der Waals surface area contributed by atoms with E-state index in [9.17, 15) is 25.1 Å². The molecule has 0 unspecified atom stereocenters. The van der Waals surface area contributed by atoms with Crippen LogP contribution in [0.5, 0.6) is 11.5 Å². The zero-order valence-electron chi connectivity index (χ0n) is 12.9. The van der Waals surface area contributed by atoms with Crippen LogP contribution in [-0.4, -0.2) is 45.5 Å². The van der Waals surface area contributed by atoms with Crippen LogP contribution < -0.4 is 0 Å². The third-order valence-corrected chi connectivity index (χ3v) is 4.12. The predicted octanol–water partition coefficient (Wildman–Crippen LogP) is 2.73. The highest BCUT2D eigenvalue weighted by Gasteiger charge is 2.22. The number of nitrogens with zero attached hydrogens (tertiary/aromatic N) is 2. The van der Waals surface area contributed by atoms with Gasteiger partial charge in [0.25, 0.3) is 0 Å². The summed E-state index contributed by atoms with van der Waals surface area (Å²) in [4.78, 5) is 24.3. The van der Waals surface area contributed by atoms with Crippen molar-refractivity contribution in [1.82, 2.24) is 4.90 Å². The van der Waals surface area contributed by atoms with Gasteiger partial charge in [0.05, 0.1) is 4.92 Å². The minimum Gasteiger partial charge on any atom is -0.504 e. The van der Waals surface area contributed by atoms with E-state index in [1.54, 1.807) is 0 Å². The van der Waals surface area contributed by atoms with E-state index in [0.717, 1.165) is 38.1 Å². The van der Waals surface area contributed by atoms with Gasteiger partial charge < -0.3 is 15.1 Å². The summed E-state index contributed by atoms with van der Waals surface area (Å²) >= 11 is 0. The lowest BCUT2D eigenvalue weighted by molar-refractivity contribution is -0.386. The minimum atomic E-state index is -0.822. The van der Waals surface area contributed by atoms with Gasteiger partial charge in [-0.25, -0.2) is 0 Å². The standard InChI is InChI=1S/C15H20N2O5.ClH/c1-10-2-5-16(6-3-10)7-4-13(18)11-8-12(17(21)22)15(20)14(19)9-11;/h8-10,19-20H,2-7H2,1H3;1H. The summed E-state index contributed by atoms with van der Waals surface area (Å²) in [5, 5.41) is 29.7. The van der Waals surface area contributed by atoms with Crippen molar-refractivity contribution in [3.8, 4) is 11.5 Å². The molecule has 1 aliphatic heterocycles. The largest absolute Gasteiger partial charge is 0.504 e. The van der Waals surface area contributed by atoms with Crippen molar-refractivity contribution in [2.24, 2.45) is 5.92 Å². The summed E-state index contributed by atoms with van der Waals surface area (Å²) < 4.78 is 0. The van der Waals surface area contributed by atoms with Crippen molar-refractivity contribution in [1.29, 1.82) is 0 Å². The molecule has 23 heavy (non-hydrogen) atoms. The number of carbonyl (C=O) groups excluding carboxylic acids is 1. The van der Waals surface area contributed by atoms with Gasteiger partial charge in [-0.1, -0.05) is 6.92 Å². The molecular weight excluding hydrogens is 324 g/mol. The number of nitro benzene ring substituents is 1. The number of hydrogen-bond acceptors (Lipinski definition) is 6. The van der Waals surface area contributed by atoms with E-state index in [1.807, 2.05) is 0 Å². The maximum atomic E-state index is 12.1. The number of phenolic OH excluding ortho intramolecular Hbond substituents is 2. The molecule has 0 saturated carbocycles. The highest BCUT2D eigenvalue weighted by molar-refractivity contribution is 5.97. The number of phenols is 2. The van der Waals surface area contributed by atoms with Gasteiger partial charge in [0.1, 0.15) is 0 Å². The molecule has 0 aliphatic carbocycles. The Bertz CT molecular complexity index is 585. The van der Waals surface area contributed by atoms with Crippen LogP contribution in [0.4, 0.5) is 5.69 Å². The van der Waals surface area contributed by atoms with Gasteiger partial charge in [0, 0.05) is 24.6 Å². The molecule has 0 bridgehead atoms. The molecule has 128 valence electrons. The van der Waals surface area contributed by atoms with E-state index in [1.165, 1.54) is 0 Å². The number of halogens is 1. The zero-order valence-corrected chi connectivity index (χ0v) is 13.7. The van der Waals surface area contributed by atoms with Gasteiger partial charge >= 0.3 is 5.69 Å². The minimum absolute atomic E-state index is 0. The molecule has 0 aromatic heterocycles. The lowest BCUT2D eigenvalue weighted by Gasteiger charge is -2.29. The molecule has 0 atom stereocenters. The lowest BCUT2D eigenvalue weighted by atomic mass is 9.98. The second-order valence-corrected chi connectivity index (χ2v) is 5.82. The Morgan fingerprint density at radius 3 is 2.52 bits per heavy atom. The van der Waals surface area contributed by atoms with Gasteiger partial charge in [0.15, 0.2) is 11.5 Å². The maximum absolute atomic E-state index is 12.1. The molecule has 8 heteroatoms. The van der Waals surface area contributed by atoms with Crippen molar-refractivity contribution in [3.05, 3.63) is 27.8 Å². The predicted molar refractivity (Wildman–Crippen MR) is 87.5 cm³/mol. The second kappa shape index (κ2) is 8.12. The maximum Gasteiger partial charge on any atom is 0.315 e. The molecule has 1 saturated heterocycles. The molecule has 0 spiro atoms. The van der Waals surface area contributed by atoms with Crippen molar-refractivity contribution in [3.63, 3.8) is 0 Å². The van der Waals surface area contributed by atoms with Gasteiger partial charge in [-0.3, -0.25) is 14.9 Å². The van der Waals surface area contributed by atoms with E-state index >= 15 is 0 Å². The Labute approximate surface area is 140 Å². The molecule has 1 heterocycles. The van der Waals surface area contributed by atoms with E-state index in [0.29, 0.717) is 12.5 Å². The first-order valence-electron chi connectivity index (χ1n) is 7.34. The van der Waals surface area contributed by atoms with E-state index in [2.05, 4.69) is 11.8 Å². The van der Waals surface area contributed by atoms with Crippen LogP contribution in [0, 0.1) is 16.0 Å². The molecule has 2 N–H and O–H groups in total. The summed E-state index contributed by atoms with van der Waals surface area (Å²) in [5.74, 6) is -1.03. The van der Waals surface area contributed by atoms with Gasteiger partial charge in [-0.15, -0.1) is 12.4 Å². The molecule has 2 rings (SSSR count). The zero-order chi connectivity index (χ0) is 16.3. The Balaban J connectivity index is 0.00000264. The fraction of sp³-hybridized carbons (Fsp3) is 0.533. The van der Waals surface area contributed by atoms with Crippen LogP contribution in [0.1, 0.15) is 36.5 Å². The van der Waals surface area contributed by atoms with E-state index in [-0.39, 0.29) is 30.2 Å². The number of rotatable bonds is 5. The average Bonchev–Trinajstić information content (AvgIpc) is 2.48. The van der Waals surface area contributed by atoms with E-state index in [4.69, 9.17) is 0 Å². The van der Waals surface area contributed by atoms with Crippen molar-refractivity contribution in [2.75, 3.05) is 19.6 Å². The number of likely N-dealkylation sites (tertiary alicyclic amines) is 1. The SMILES string of the molecule is CC1CCN(CCC(=O)c2cc(O)c(O)c([N+](=O)[O-])c2)CC1.Cl. The van der Waals surface area contributed by atoms with Crippen LogP contribution in [0.25, 0.3) is 0 Å². The number of ketones is 1. The smallest absolute Gasteiger partial charge is 0.315 e. The Morgan fingerprint density at radius 2 is 1.96 bits per heavy atom. The topological polar surface area (TPSA) is 104 Å². The summed E-state index contributed by atoms with van der Waals surface area (Å²) in [6.07, 6.45) is 2.45. The first kappa shape index (κ1) is 19.2. The van der Waals surface area contributed by atoms with Crippen molar-refractivity contribution in [2.45, 2.75) is 26.2 Å². The first-order valence-corrected chi connectivity index (χ1v) is 7.34. The number of hydrogen-bond donors (Lipinski definition) is 2. The number of nitro groups is 1. The highest BCUT2D eigenvalue weighted by atomic mass is 35.5. The van der Waals surface area contributed by atoms with E-state index < -0.39 is 22.1 Å². The fourth-order valence-corrected chi connectivity index (χ4v) is 2.59. The van der Waals surface area contributed by atoms with Crippen LogP contribution >= 0.6 is 12.4 Å². The number of aromatic hydroxyl groups is 2. The van der Waals surface area contributed by atoms with Gasteiger partial charge in [-0.2, -0.15) is 0 Å². The summed E-state index contributed by atoms with van der Waals surface area (Å²) in [6.45, 7) is 4.71. The summed E-state index contributed by atoms with van der Waals surface area (Å²) in [7, 11) is 0. The molecular formula is C15H21ClN2O5. The van der Waals surface area contributed by atoms with Crippen LogP contribution in [-0.2, 0) is 0 Å². The summed E-state index contributed by atoms with van der Waals surface area (Å²) in [6, 6.07) is 2.08. The number of Topliss-reactive ketones (excluding diaryl/α,β-unsaturated/α-hetero) is 1. The molecule has 7 nitrogen and oxygen atoms in total. The van der Waals surface area contributed by atoms with Crippen molar-refractivity contribution >= 4 is 23.9 Å². The molecule has 1 fully saturated rings. The normalized spacial score (nSPS) is 15.9. The quantitative estimate of drug-likeness (QED) is 0.368. The van der Waals surface area contributed by atoms with Gasteiger partial charge in [0.2, 0.25) is 5.75 Å². The number of piperidine rings is 1. The Morgan fingerprint density at radius 1 is 1.35 bits per heavy atom. The number of benzene rings is 1. The van der Waals surface area contributed by atoms with Crippen LogP contribution in [0.15, 0.2) is 12.1 Å². The Hall–Kier alpha value is -1.86. The molecule has 0 amide bonds. The average molecular weight is 345 g/mol. The van der Waals surface area contributed by atoms with Crippen LogP contribution in [0.2, 0.25) is 0 Å². The third-order valence-electron chi connectivity index (χ3n) is 4.12. The van der Waals surface area contributed by atoms with Gasteiger partial charge in [-0.05, 0) is 37.9 Å². The molecule has 1 aromatic rings. The molecule has 1 aromatic carbocycles. The monoisotopic (exact) mass is 344 g/mol. The summed E-state index contributed by atoms with van der Waals surface area (Å²) in [5.41, 5.74) is -0.609. The first-order chi connectivity index (χ1) is 10.4. The molecule has 0 radical (unpaired) electrons. The number of carbonyl (C=O) groups is 1. The fourth-order valence-electron chi connectivity index (χ4n) is 2.59. The second-order valence-electron chi connectivity index (χ2n) is 5.82. The van der Waals surface area contributed by atoms with Crippen LogP contribution in [0.3, 0.4) is 0 Å². The lowest BCUT2D eigenvalue weighted by Crippen LogP contribution is -2.34. The highest BCUT2D eigenvalue weighted by Crippen LogP contribution is 2.36. The van der Waals surface area contributed by atoms with Crippen molar-refractivity contribution < 1.29 is 19.9 Å². The molecule has 1 aliphatic rings. The third kappa shape index (κ3) is 4.80. The Kier molecular flexibility index (Phi) is 6.78.